The van der Waals surface area contributed by atoms with Crippen molar-refractivity contribution in [3.63, 3.8) is 0 Å². The van der Waals surface area contributed by atoms with Gasteiger partial charge in [0.25, 0.3) is 12.3 Å². The molecule has 15 nitrogen and oxygen atoms in total. The Morgan fingerprint density at radius 2 is 2.05 bits per heavy atom. The number of aromatic nitrogens is 3. The molecule has 7 atom stereocenters. The summed E-state index contributed by atoms with van der Waals surface area (Å²) in [5.74, 6) is -4.21. The van der Waals surface area contributed by atoms with Gasteiger partial charge in [0.15, 0.2) is 11.9 Å². The Balaban J connectivity index is 1.50. The van der Waals surface area contributed by atoms with E-state index in [1.54, 1.807) is 18.2 Å². The number of fused-ring (bicyclic) bond motifs is 2. The van der Waals surface area contributed by atoms with Crippen LogP contribution in [0.4, 0.5) is 10.2 Å². The summed E-state index contributed by atoms with van der Waals surface area (Å²) < 4.78 is 64.5. The number of anilines is 1. The van der Waals surface area contributed by atoms with Crippen LogP contribution >= 0.6 is 7.75 Å². The minimum absolute atomic E-state index is 0.0373. The van der Waals surface area contributed by atoms with Crippen molar-refractivity contribution >= 4 is 25.1 Å². The van der Waals surface area contributed by atoms with Gasteiger partial charge < -0.3 is 34.3 Å². The summed E-state index contributed by atoms with van der Waals surface area (Å²) >= 11 is 0. The Hall–Kier alpha value is -3.68. The number of benzene rings is 1. The summed E-state index contributed by atoms with van der Waals surface area (Å²) in [5.41, 5.74) is 4.08. The molecule has 0 amide bonds. The van der Waals surface area contributed by atoms with Crippen LogP contribution in [0.15, 0.2) is 48.8 Å². The van der Waals surface area contributed by atoms with E-state index in [9.17, 15) is 19.7 Å². The van der Waals surface area contributed by atoms with Gasteiger partial charge in [-0.15, -0.1) is 0 Å². The van der Waals surface area contributed by atoms with Gasteiger partial charge in [-0.1, -0.05) is 18.2 Å². The number of nitrogens with zero attached hydrogens (tertiary/aromatic N) is 4. The van der Waals surface area contributed by atoms with E-state index < -0.39 is 56.5 Å². The average Bonchev–Trinajstić information content (AvgIpc) is 3.63. The predicted octanol–water partition coefficient (Wildman–Crippen LogP) is 1.71. The number of nitrogen functional groups attached to an aromatic ring is 1. The third-order valence-electron chi connectivity index (χ3n) is 6.29. The molecule has 3 aromatic rings. The average molecular weight is 578 g/mol. The van der Waals surface area contributed by atoms with Crippen molar-refractivity contribution in [2.75, 3.05) is 19.5 Å². The van der Waals surface area contributed by atoms with Crippen molar-refractivity contribution in [3.8, 4) is 11.8 Å². The molecular weight excluding hydrogens is 554 g/mol. The highest BCUT2D eigenvalue weighted by atomic mass is 31.2. The standard InChI is InChI=1S/C23H24FN6O9P/c1-13(20(31)32)29-40(33,38-14-6-4-3-5-7-14)35-11-23(24)18-17(36-21(34-2)37-18)22(10-25,39-23)16-9-8-15-19(26)27-12-28-30(15)16/h3-9,12-13,17-18,21H,11H2,1-2H3,(H,29,33)(H,31,32)(H2,26,27,28)/t13?,17-,18+,21?,22+,23-,40?/m1/s1. The van der Waals surface area contributed by atoms with Crippen LogP contribution in [0.25, 0.3) is 5.52 Å². The zero-order valence-electron chi connectivity index (χ0n) is 21.0. The highest BCUT2D eigenvalue weighted by Gasteiger charge is 2.72. The number of hydrogen-bond donors (Lipinski definition) is 3. The molecule has 17 heteroatoms. The van der Waals surface area contributed by atoms with Crippen molar-refractivity contribution in [1.29, 1.82) is 5.26 Å². The number of alkyl halides is 1. The summed E-state index contributed by atoms with van der Waals surface area (Å²) in [6, 6.07) is 11.2. The molecule has 5 rings (SSSR count). The highest BCUT2D eigenvalue weighted by Crippen LogP contribution is 2.54. The lowest BCUT2D eigenvalue weighted by Crippen LogP contribution is -2.43. The number of carboxylic acid groups (broad SMARTS) is 1. The molecule has 0 spiro atoms. The summed E-state index contributed by atoms with van der Waals surface area (Å²) in [7, 11) is -3.32. The van der Waals surface area contributed by atoms with Gasteiger partial charge in [-0.25, -0.2) is 18.5 Å². The Morgan fingerprint density at radius 3 is 2.73 bits per heavy atom. The van der Waals surface area contributed by atoms with Crippen LogP contribution in [0.5, 0.6) is 5.75 Å². The van der Waals surface area contributed by atoms with Crippen molar-refractivity contribution < 1.29 is 46.9 Å². The first kappa shape index (κ1) is 27.9. The molecule has 0 aliphatic carbocycles. The van der Waals surface area contributed by atoms with E-state index in [0.717, 1.165) is 6.33 Å². The molecule has 2 saturated heterocycles. The Morgan fingerprint density at radius 1 is 1.32 bits per heavy atom. The first-order valence-corrected chi connectivity index (χ1v) is 13.3. The van der Waals surface area contributed by atoms with Crippen LogP contribution < -0.4 is 15.3 Å². The van der Waals surface area contributed by atoms with Crippen LogP contribution in [0.1, 0.15) is 12.6 Å². The first-order valence-electron chi connectivity index (χ1n) is 11.8. The maximum atomic E-state index is 16.7. The molecule has 2 fully saturated rings. The summed E-state index contributed by atoms with van der Waals surface area (Å²) in [6.07, 6.45) is -1.92. The Kier molecular flexibility index (Phi) is 7.23. The second-order valence-electron chi connectivity index (χ2n) is 8.90. The minimum atomic E-state index is -4.56. The Labute approximate surface area is 226 Å². The van der Waals surface area contributed by atoms with Gasteiger partial charge in [-0.05, 0) is 31.2 Å². The van der Waals surface area contributed by atoms with E-state index in [4.69, 9.17) is 33.7 Å². The van der Waals surface area contributed by atoms with Crippen molar-refractivity contribution in [1.82, 2.24) is 19.7 Å². The van der Waals surface area contributed by atoms with Gasteiger partial charge in [-0.2, -0.15) is 15.4 Å². The lowest BCUT2D eigenvalue weighted by molar-refractivity contribution is -0.296. The van der Waals surface area contributed by atoms with Crippen molar-refractivity contribution in [2.45, 2.75) is 43.1 Å². The number of carbonyl (C=O) groups is 1. The van der Waals surface area contributed by atoms with Crippen LogP contribution in [0.2, 0.25) is 0 Å². The zero-order valence-corrected chi connectivity index (χ0v) is 21.9. The fourth-order valence-electron chi connectivity index (χ4n) is 4.41. The molecule has 0 saturated carbocycles. The van der Waals surface area contributed by atoms with Crippen molar-refractivity contribution in [3.05, 3.63) is 54.5 Å². The number of rotatable bonds is 10. The van der Waals surface area contributed by atoms with Crippen molar-refractivity contribution in [2.24, 2.45) is 0 Å². The molecule has 2 aliphatic rings. The number of methoxy groups -OCH3 is 1. The lowest BCUT2D eigenvalue weighted by Gasteiger charge is -2.30. The predicted molar refractivity (Wildman–Crippen MR) is 131 cm³/mol. The zero-order chi connectivity index (χ0) is 28.7. The monoisotopic (exact) mass is 578 g/mol. The molecule has 1 aromatic carbocycles. The number of para-hydroxylation sites is 1. The van der Waals surface area contributed by atoms with Gasteiger partial charge in [0.05, 0.1) is 5.69 Å². The summed E-state index contributed by atoms with van der Waals surface area (Å²) in [4.78, 5) is 15.4. The number of halogens is 1. The molecule has 0 radical (unpaired) electrons. The van der Waals surface area contributed by atoms with Crippen LogP contribution in [-0.4, -0.2) is 70.0 Å². The normalized spacial score (nSPS) is 29.9. The maximum Gasteiger partial charge on any atom is 0.459 e. The quantitative estimate of drug-likeness (QED) is 0.293. The van der Waals surface area contributed by atoms with Gasteiger partial charge in [-0.3, -0.25) is 9.32 Å². The van der Waals surface area contributed by atoms with E-state index in [2.05, 4.69) is 15.2 Å². The third kappa shape index (κ3) is 4.78. The molecule has 2 aromatic heterocycles. The van der Waals surface area contributed by atoms with Crippen LogP contribution in [0.3, 0.4) is 0 Å². The minimum Gasteiger partial charge on any atom is -0.480 e. The molecule has 4 heterocycles. The summed E-state index contributed by atoms with van der Waals surface area (Å²) in [5, 5.41) is 26.0. The van der Waals surface area contributed by atoms with E-state index in [0.29, 0.717) is 5.52 Å². The van der Waals surface area contributed by atoms with E-state index >= 15 is 4.39 Å². The van der Waals surface area contributed by atoms with E-state index in [1.165, 1.54) is 42.8 Å². The molecule has 0 bridgehead atoms. The molecule has 212 valence electrons. The summed E-state index contributed by atoms with van der Waals surface area (Å²) in [6.45, 7) is -1.32. The van der Waals surface area contributed by atoms with Gasteiger partial charge in [0.2, 0.25) is 5.60 Å². The third-order valence-corrected chi connectivity index (χ3v) is 7.91. The van der Waals surface area contributed by atoms with Crippen LogP contribution in [0, 0.1) is 11.3 Å². The maximum absolute atomic E-state index is 16.7. The van der Waals surface area contributed by atoms with Gasteiger partial charge >= 0.3 is 13.7 Å². The van der Waals surface area contributed by atoms with E-state index in [1.807, 2.05) is 6.07 Å². The fourth-order valence-corrected chi connectivity index (χ4v) is 5.92. The van der Waals surface area contributed by atoms with Gasteiger partial charge in [0.1, 0.15) is 42.4 Å². The fraction of sp³-hybridized carbons (Fsp3) is 0.391. The van der Waals surface area contributed by atoms with Crippen LogP contribution in [-0.2, 0) is 38.4 Å². The lowest BCUT2D eigenvalue weighted by atomic mass is 9.92. The molecule has 4 N–H and O–H groups in total. The topological polar surface area (TPSA) is 202 Å². The second kappa shape index (κ2) is 10.4. The number of nitriles is 1. The van der Waals surface area contributed by atoms with E-state index in [-0.39, 0.29) is 17.3 Å². The number of aliphatic carboxylic acids is 1. The smallest absolute Gasteiger partial charge is 0.459 e. The molecule has 3 unspecified atom stereocenters. The first-order chi connectivity index (χ1) is 19.0. The van der Waals surface area contributed by atoms with Gasteiger partial charge in [0, 0.05) is 7.11 Å². The number of carboxylic acids is 1. The molecule has 2 aliphatic heterocycles. The number of nitrogens with one attached hydrogen (secondary N) is 1. The largest absolute Gasteiger partial charge is 0.480 e. The highest BCUT2D eigenvalue weighted by molar-refractivity contribution is 7.52. The number of hydrogen-bond acceptors (Lipinski definition) is 12. The Bertz CT molecular complexity index is 1500. The number of ether oxygens (including phenoxy) is 4. The SMILES string of the molecule is COC1O[C@@H]2[C@H](O1)[C@@](F)(COP(=O)(NC(C)C(=O)O)Oc1ccccc1)O[C@@]2(C#N)c1ccc2c(N)ncnn12. The molecular formula is C23H24FN6O9P. The second-order valence-corrected chi connectivity index (χ2v) is 10.6. The molecule has 40 heavy (non-hydrogen) atoms. The number of nitrogens with two attached hydrogens (primary N) is 1.